The smallest absolute Gasteiger partial charge is 0.325 e. The molecule has 0 amide bonds. The van der Waals surface area contributed by atoms with Crippen LogP contribution >= 0.6 is 11.8 Å². The summed E-state index contributed by atoms with van der Waals surface area (Å²) < 4.78 is 0. The van der Waals surface area contributed by atoms with Gasteiger partial charge in [-0.3, -0.25) is 9.69 Å². The molecule has 1 aliphatic rings. The number of hydrogen-bond donors (Lipinski definition) is 1. The van der Waals surface area contributed by atoms with Gasteiger partial charge in [-0.2, -0.15) is 0 Å². The first kappa shape index (κ1) is 12.5. The molecule has 1 saturated heterocycles. The molecule has 3 nitrogen and oxygen atoms in total. The maximum absolute atomic E-state index is 11.4. The van der Waals surface area contributed by atoms with Gasteiger partial charge in [0.2, 0.25) is 0 Å². The second kappa shape index (κ2) is 5.56. The molecule has 92 valence electrons. The molecular weight excluding hydrogens is 234 g/mol. The lowest BCUT2D eigenvalue weighted by atomic mass is 10.1. The number of nitrogens with zero attached hydrogens (tertiary/aromatic N) is 1. The highest BCUT2D eigenvalue weighted by molar-refractivity contribution is 7.98. The average Bonchev–Trinajstić information content (AvgIpc) is 2.83. The van der Waals surface area contributed by atoms with Crippen molar-refractivity contribution < 1.29 is 9.90 Å². The first-order chi connectivity index (χ1) is 8.22. The molecule has 2 rings (SSSR count). The van der Waals surface area contributed by atoms with Crippen LogP contribution in [0.3, 0.4) is 0 Å². The molecule has 0 bridgehead atoms. The first-order valence-corrected chi connectivity index (χ1v) is 7.05. The van der Waals surface area contributed by atoms with Crippen molar-refractivity contribution in [1.82, 2.24) is 4.90 Å². The third-order valence-corrected chi connectivity index (χ3v) is 3.91. The van der Waals surface area contributed by atoms with Gasteiger partial charge in [0.05, 0.1) is 0 Å². The van der Waals surface area contributed by atoms with Crippen LogP contribution in [0.2, 0.25) is 0 Å². The van der Waals surface area contributed by atoms with Crippen molar-refractivity contribution in [3.8, 4) is 0 Å². The van der Waals surface area contributed by atoms with E-state index in [-0.39, 0.29) is 0 Å². The van der Waals surface area contributed by atoms with Crippen LogP contribution in [0.25, 0.3) is 0 Å². The second-order valence-electron chi connectivity index (χ2n) is 4.26. The van der Waals surface area contributed by atoms with Gasteiger partial charge >= 0.3 is 5.97 Å². The average molecular weight is 251 g/mol. The molecule has 1 heterocycles. The van der Waals surface area contributed by atoms with E-state index in [2.05, 4.69) is 4.90 Å². The Morgan fingerprint density at radius 3 is 2.35 bits per heavy atom. The van der Waals surface area contributed by atoms with Crippen LogP contribution in [0.5, 0.6) is 0 Å². The summed E-state index contributed by atoms with van der Waals surface area (Å²) in [6.07, 6.45) is 4.23. The van der Waals surface area contributed by atoms with Crippen LogP contribution in [0, 0.1) is 0 Å². The molecule has 0 aromatic heterocycles. The summed E-state index contributed by atoms with van der Waals surface area (Å²) in [6, 6.07) is 7.37. The van der Waals surface area contributed by atoms with Gasteiger partial charge in [0.15, 0.2) is 0 Å². The Morgan fingerprint density at radius 2 is 1.88 bits per heavy atom. The number of benzene rings is 1. The Hall–Kier alpha value is -1.00. The van der Waals surface area contributed by atoms with Gasteiger partial charge in [-0.05, 0) is 49.9 Å². The van der Waals surface area contributed by atoms with E-state index in [1.807, 2.05) is 30.5 Å². The van der Waals surface area contributed by atoms with E-state index in [9.17, 15) is 9.90 Å². The van der Waals surface area contributed by atoms with E-state index in [4.69, 9.17) is 0 Å². The van der Waals surface area contributed by atoms with Crippen LogP contribution in [0.15, 0.2) is 29.2 Å². The maximum Gasteiger partial charge on any atom is 0.325 e. The SMILES string of the molecule is CSc1ccc([C@H](C(=O)O)N2CCCC2)cc1. The van der Waals surface area contributed by atoms with Gasteiger partial charge in [0, 0.05) is 4.90 Å². The highest BCUT2D eigenvalue weighted by atomic mass is 32.2. The summed E-state index contributed by atoms with van der Waals surface area (Å²) in [7, 11) is 0. The molecule has 4 heteroatoms. The summed E-state index contributed by atoms with van der Waals surface area (Å²) in [5.41, 5.74) is 0.886. The summed E-state index contributed by atoms with van der Waals surface area (Å²) in [5.74, 6) is -0.746. The molecule has 1 aromatic rings. The van der Waals surface area contributed by atoms with Crippen LogP contribution < -0.4 is 0 Å². The van der Waals surface area contributed by atoms with Crippen LogP contribution in [0.4, 0.5) is 0 Å². The second-order valence-corrected chi connectivity index (χ2v) is 5.14. The number of carboxylic acid groups (broad SMARTS) is 1. The normalized spacial score (nSPS) is 18.2. The first-order valence-electron chi connectivity index (χ1n) is 5.83. The van der Waals surface area contributed by atoms with Crippen molar-refractivity contribution in [3.05, 3.63) is 29.8 Å². The van der Waals surface area contributed by atoms with Crippen molar-refractivity contribution in [2.45, 2.75) is 23.8 Å². The van der Waals surface area contributed by atoms with Gasteiger partial charge in [0.25, 0.3) is 0 Å². The van der Waals surface area contributed by atoms with Crippen molar-refractivity contribution in [3.63, 3.8) is 0 Å². The van der Waals surface area contributed by atoms with Crippen molar-refractivity contribution in [1.29, 1.82) is 0 Å². The highest BCUT2D eigenvalue weighted by Crippen LogP contribution is 2.26. The molecular formula is C13H17NO2S. The van der Waals surface area contributed by atoms with E-state index in [0.717, 1.165) is 31.5 Å². The predicted octanol–water partition coefficient (Wildman–Crippen LogP) is 2.63. The van der Waals surface area contributed by atoms with E-state index in [1.165, 1.54) is 4.90 Å². The van der Waals surface area contributed by atoms with Crippen molar-refractivity contribution >= 4 is 17.7 Å². The lowest BCUT2D eigenvalue weighted by molar-refractivity contribution is -0.143. The van der Waals surface area contributed by atoms with Crippen molar-refractivity contribution in [2.75, 3.05) is 19.3 Å². The monoisotopic (exact) mass is 251 g/mol. The summed E-state index contributed by atoms with van der Waals surface area (Å²) in [4.78, 5) is 14.6. The zero-order valence-corrected chi connectivity index (χ0v) is 10.7. The lowest BCUT2D eigenvalue weighted by Crippen LogP contribution is -2.31. The quantitative estimate of drug-likeness (QED) is 0.835. The number of rotatable bonds is 4. The Kier molecular flexibility index (Phi) is 4.07. The minimum atomic E-state index is -0.746. The number of hydrogen-bond acceptors (Lipinski definition) is 3. The summed E-state index contributed by atoms with van der Waals surface area (Å²) in [6.45, 7) is 1.78. The fourth-order valence-corrected chi connectivity index (χ4v) is 2.70. The summed E-state index contributed by atoms with van der Waals surface area (Å²) in [5, 5.41) is 9.37. The van der Waals surface area contributed by atoms with Crippen LogP contribution in [-0.4, -0.2) is 35.3 Å². The van der Waals surface area contributed by atoms with Gasteiger partial charge in [0.1, 0.15) is 6.04 Å². The number of thioether (sulfide) groups is 1. The lowest BCUT2D eigenvalue weighted by Gasteiger charge is -2.24. The molecule has 0 spiro atoms. The minimum Gasteiger partial charge on any atom is -0.480 e. The van der Waals surface area contributed by atoms with Gasteiger partial charge in [-0.1, -0.05) is 12.1 Å². The molecule has 1 fully saturated rings. The molecule has 17 heavy (non-hydrogen) atoms. The zero-order valence-electron chi connectivity index (χ0n) is 9.93. The number of carboxylic acids is 1. The number of likely N-dealkylation sites (tertiary alicyclic amines) is 1. The third kappa shape index (κ3) is 2.82. The minimum absolute atomic E-state index is 0.478. The van der Waals surface area contributed by atoms with Crippen LogP contribution in [0.1, 0.15) is 24.4 Å². The van der Waals surface area contributed by atoms with E-state index >= 15 is 0 Å². The fraction of sp³-hybridized carbons (Fsp3) is 0.462. The zero-order chi connectivity index (χ0) is 12.3. The van der Waals surface area contributed by atoms with E-state index < -0.39 is 12.0 Å². The maximum atomic E-state index is 11.4. The van der Waals surface area contributed by atoms with E-state index in [1.54, 1.807) is 11.8 Å². The Bertz CT molecular complexity index is 385. The molecule has 1 aliphatic heterocycles. The molecule has 1 N–H and O–H groups in total. The van der Waals surface area contributed by atoms with E-state index in [0.29, 0.717) is 0 Å². The predicted molar refractivity (Wildman–Crippen MR) is 69.4 cm³/mol. The van der Waals surface area contributed by atoms with Gasteiger partial charge in [-0.15, -0.1) is 11.8 Å². The number of carbonyl (C=O) groups is 1. The molecule has 0 saturated carbocycles. The third-order valence-electron chi connectivity index (χ3n) is 3.17. The van der Waals surface area contributed by atoms with Crippen LogP contribution in [-0.2, 0) is 4.79 Å². The Labute approximate surface area is 106 Å². The molecule has 1 aromatic carbocycles. The molecule has 0 unspecified atom stereocenters. The summed E-state index contributed by atoms with van der Waals surface area (Å²) >= 11 is 1.67. The standard InChI is InChI=1S/C13H17NO2S/c1-17-11-6-4-10(5-7-11)12(13(15)16)14-8-2-3-9-14/h4-7,12H,2-3,8-9H2,1H3,(H,15,16)/t12-/m1/s1. The molecule has 1 atom stereocenters. The van der Waals surface area contributed by atoms with Crippen molar-refractivity contribution in [2.24, 2.45) is 0 Å². The molecule has 0 aliphatic carbocycles. The Balaban J connectivity index is 2.22. The largest absolute Gasteiger partial charge is 0.480 e. The fourth-order valence-electron chi connectivity index (χ4n) is 2.30. The topological polar surface area (TPSA) is 40.5 Å². The number of aliphatic carboxylic acids is 1. The highest BCUT2D eigenvalue weighted by Gasteiger charge is 2.29. The van der Waals surface area contributed by atoms with Gasteiger partial charge in [-0.25, -0.2) is 0 Å². The van der Waals surface area contributed by atoms with Gasteiger partial charge < -0.3 is 5.11 Å². The Morgan fingerprint density at radius 1 is 1.29 bits per heavy atom. The molecule has 0 radical (unpaired) electrons.